The van der Waals surface area contributed by atoms with Gasteiger partial charge in [0.2, 0.25) is 0 Å². The van der Waals surface area contributed by atoms with Gasteiger partial charge in [-0.2, -0.15) is 0 Å². The van der Waals surface area contributed by atoms with Gasteiger partial charge in [0.25, 0.3) is 5.91 Å². The molecule has 11 nitrogen and oxygen atoms in total. The van der Waals surface area contributed by atoms with Crippen LogP contribution >= 0.6 is 0 Å². The van der Waals surface area contributed by atoms with E-state index < -0.39 is 11.8 Å². The molecule has 5 aromatic rings. The van der Waals surface area contributed by atoms with Gasteiger partial charge in [-0.3, -0.25) is 10.0 Å². The summed E-state index contributed by atoms with van der Waals surface area (Å²) in [4.78, 5) is 22.6. The number of hydrogen-bond acceptors (Lipinski definition) is 6. The summed E-state index contributed by atoms with van der Waals surface area (Å²) in [6, 6.07) is 16.0. The Morgan fingerprint density at radius 1 is 1.12 bits per heavy atom. The molecular formula is C29H30N6O5. The Balaban J connectivity index is 0.000000490. The van der Waals surface area contributed by atoms with Crippen LogP contribution in [0.1, 0.15) is 35.5 Å². The average Bonchev–Trinajstić information content (AvgIpc) is 3.60. The smallest absolute Gasteiger partial charge is 0.335 e. The maximum atomic E-state index is 13.3. The lowest BCUT2D eigenvalue weighted by molar-refractivity contribution is -0.256. The highest BCUT2D eigenvalue weighted by Crippen LogP contribution is 2.53. The van der Waals surface area contributed by atoms with Crippen LogP contribution in [0.25, 0.3) is 43.6 Å². The van der Waals surface area contributed by atoms with Crippen LogP contribution < -0.4 is 21.8 Å². The van der Waals surface area contributed by atoms with Gasteiger partial charge in [-0.05, 0) is 31.7 Å². The van der Waals surface area contributed by atoms with Crippen molar-refractivity contribution in [3.05, 3.63) is 59.7 Å². The zero-order valence-electron chi connectivity index (χ0n) is 22.3. The molecule has 0 radical (unpaired) electrons. The Labute approximate surface area is 228 Å². The number of fused-ring (bicyclic) bond motifs is 13. The summed E-state index contributed by atoms with van der Waals surface area (Å²) < 4.78 is 18.0. The predicted octanol–water partition coefficient (Wildman–Crippen LogP) is 3.40. The van der Waals surface area contributed by atoms with Gasteiger partial charge < -0.3 is 35.0 Å². The monoisotopic (exact) mass is 542 g/mol. The van der Waals surface area contributed by atoms with Crippen molar-refractivity contribution in [3.63, 3.8) is 0 Å². The zero-order chi connectivity index (χ0) is 27.9. The Morgan fingerprint density at radius 3 is 2.42 bits per heavy atom. The molecule has 2 bridgehead atoms. The lowest BCUT2D eigenvalue weighted by Crippen LogP contribution is -2.59. The number of primary amides is 1. The normalized spacial score (nSPS) is 24.7. The summed E-state index contributed by atoms with van der Waals surface area (Å²) in [5.74, 6) is 0.00357. The third-order valence-electron chi connectivity index (χ3n) is 8.71. The van der Waals surface area contributed by atoms with E-state index in [-0.39, 0.29) is 24.3 Å². The van der Waals surface area contributed by atoms with Gasteiger partial charge in [-0.25, -0.2) is 10.3 Å². The van der Waals surface area contributed by atoms with E-state index in [1.54, 1.807) is 7.11 Å². The minimum Gasteiger partial charge on any atom is -0.375 e. The molecule has 4 atom stereocenters. The first-order valence-corrected chi connectivity index (χ1v) is 13.2. The summed E-state index contributed by atoms with van der Waals surface area (Å²) in [7, 11) is 3.77. The average molecular weight is 543 g/mol. The number of para-hydroxylation sites is 2. The second kappa shape index (κ2) is 8.67. The third-order valence-corrected chi connectivity index (χ3v) is 8.71. The highest BCUT2D eigenvalue weighted by Gasteiger charge is 2.53. The van der Waals surface area contributed by atoms with Crippen molar-refractivity contribution >= 4 is 55.5 Å². The number of benzene rings is 3. The van der Waals surface area contributed by atoms with E-state index in [4.69, 9.17) is 14.7 Å². The van der Waals surface area contributed by atoms with E-state index in [2.05, 4.69) is 81.0 Å². The largest absolute Gasteiger partial charge is 0.375 e. The fraction of sp³-hybridized carbons (Fsp3) is 0.310. The molecule has 3 aliphatic heterocycles. The number of urea groups is 1. The molecule has 0 spiro atoms. The number of amides is 3. The van der Waals surface area contributed by atoms with Crippen LogP contribution in [-0.2, 0) is 21.7 Å². The number of rotatable bonds is 2. The molecule has 40 heavy (non-hydrogen) atoms. The number of ether oxygens (including phenoxy) is 2. The van der Waals surface area contributed by atoms with Crippen molar-refractivity contribution in [2.45, 2.75) is 44.0 Å². The summed E-state index contributed by atoms with van der Waals surface area (Å²) in [6.45, 7) is 2.68. The lowest BCUT2D eigenvalue weighted by atomic mass is 9.93. The molecule has 0 saturated carbocycles. The highest BCUT2D eigenvalue weighted by molar-refractivity contribution is 6.31. The molecule has 3 aliphatic rings. The van der Waals surface area contributed by atoms with Gasteiger partial charge >= 0.3 is 6.03 Å². The Kier molecular flexibility index (Phi) is 5.39. The zero-order valence-corrected chi connectivity index (χ0v) is 22.3. The van der Waals surface area contributed by atoms with Crippen molar-refractivity contribution in [1.82, 2.24) is 25.2 Å². The molecule has 3 amide bonds. The van der Waals surface area contributed by atoms with Crippen molar-refractivity contribution in [2.24, 2.45) is 5.73 Å². The number of carbonyl (C=O) groups excluding carboxylic acids is 2. The summed E-state index contributed by atoms with van der Waals surface area (Å²) in [5.41, 5.74) is 11.0. The van der Waals surface area contributed by atoms with Crippen molar-refractivity contribution in [3.8, 4) is 0 Å². The first-order chi connectivity index (χ1) is 19.3. The fourth-order valence-electron chi connectivity index (χ4n) is 7.33. The second-order valence-electron chi connectivity index (χ2n) is 10.6. The molecular weight excluding hydrogens is 512 g/mol. The maximum absolute atomic E-state index is 13.3. The number of nitrogens with two attached hydrogens (primary N) is 1. The molecule has 1 fully saturated rings. The van der Waals surface area contributed by atoms with Crippen LogP contribution in [0.5, 0.6) is 0 Å². The predicted molar refractivity (Wildman–Crippen MR) is 150 cm³/mol. The minimum atomic E-state index is -0.940. The molecule has 0 unspecified atom stereocenters. The number of nitrogens with one attached hydrogen (secondary N) is 3. The number of nitrogens with zero attached hydrogens (tertiary/aromatic N) is 2. The van der Waals surface area contributed by atoms with Crippen LogP contribution in [0, 0.1) is 0 Å². The van der Waals surface area contributed by atoms with Gasteiger partial charge in [0.1, 0.15) is 12.3 Å². The molecule has 3 aromatic carbocycles. The first kappa shape index (κ1) is 24.9. The van der Waals surface area contributed by atoms with Gasteiger partial charge in [0.15, 0.2) is 5.72 Å². The van der Waals surface area contributed by atoms with Crippen LogP contribution in [0.4, 0.5) is 4.79 Å². The molecule has 8 rings (SSSR count). The molecule has 0 aliphatic carbocycles. The summed E-state index contributed by atoms with van der Waals surface area (Å²) in [5, 5.41) is 18.5. The SMILES string of the molecule is CN[C@@H]1C[C@@H]2O[C@@](C)([C@@H]1OC)n1c3ccccc3c3c4c(c5c6ccccc6n2c5c31)C(=O)NC4.NC(=O)NO. The van der Waals surface area contributed by atoms with Crippen molar-refractivity contribution < 1.29 is 24.3 Å². The van der Waals surface area contributed by atoms with E-state index >= 15 is 0 Å². The van der Waals surface area contributed by atoms with Crippen molar-refractivity contribution in [1.29, 1.82) is 0 Å². The van der Waals surface area contributed by atoms with Gasteiger partial charge in [0.05, 0.1) is 27.6 Å². The second-order valence-corrected chi connectivity index (χ2v) is 10.6. The van der Waals surface area contributed by atoms with Gasteiger partial charge in [0, 0.05) is 47.7 Å². The fourth-order valence-corrected chi connectivity index (χ4v) is 7.33. The Bertz CT molecular complexity index is 1880. The van der Waals surface area contributed by atoms with E-state index in [9.17, 15) is 9.59 Å². The summed E-state index contributed by atoms with van der Waals surface area (Å²) in [6.07, 6.45) is 0.337. The van der Waals surface area contributed by atoms with Gasteiger partial charge in [-0.15, -0.1) is 0 Å². The van der Waals surface area contributed by atoms with Gasteiger partial charge in [-0.1, -0.05) is 36.4 Å². The van der Waals surface area contributed by atoms with Crippen LogP contribution in [0.15, 0.2) is 48.5 Å². The van der Waals surface area contributed by atoms with Crippen LogP contribution in [0.3, 0.4) is 0 Å². The number of hydroxylamine groups is 1. The molecule has 5 heterocycles. The van der Waals surface area contributed by atoms with Crippen LogP contribution in [-0.4, -0.2) is 52.6 Å². The number of methoxy groups -OCH3 is 1. The molecule has 206 valence electrons. The standard InChI is InChI=1S/C28H26N4O3.CH4N2O2/c1-28-26(34-3)17(29-2)12-20(35-28)31-18-10-6-4-8-14(18)22-23-16(13-30-27(23)33)21-15-9-5-7-11-19(15)32(28)25(21)24(22)31;2-1(4)3-5/h4-11,17,20,26,29H,12-13H2,1-3H3,(H,30,33);5H,(H3,2,3,4)/t17-,20+,26-,28+;/m1./s1. The highest BCUT2D eigenvalue weighted by atomic mass is 16.6. The topological polar surface area (TPSA) is 145 Å². The lowest BCUT2D eigenvalue weighted by Gasteiger charge is -2.48. The minimum absolute atomic E-state index is 0.00357. The third kappa shape index (κ3) is 3.02. The van der Waals surface area contributed by atoms with E-state index in [0.29, 0.717) is 6.54 Å². The maximum Gasteiger partial charge on any atom is 0.335 e. The van der Waals surface area contributed by atoms with Crippen molar-refractivity contribution in [2.75, 3.05) is 14.2 Å². The quantitative estimate of drug-likeness (QED) is 0.171. The number of likely N-dealkylation sites (N-methyl/N-ethyl adjacent to an activating group) is 1. The first-order valence-electron chi connectivity index (χ1n) is 13.2. The number of aromatic nitrogens is 2. The summed E-state index contributed by atoms with van der Waals surface area (Å²) >= 11 is 0. The molecule has 11 heteroatoms. The van der Waals surface area contributed by atoms with E-state index in [0.717, 1.165) is 61.2 Å². The molecule has 1 saturated heterocycles. The molecule has 6 N–H and O–H groups in total. The van der Waals surface area contributed by atoms with E-state index in [1.165, 1.54) is 5.48 Å². The Morgan fingerprint density at radius 2 is 1.77 bits per heavy atom. The number of carbonyl (C=O) groups is 2. The van der Waals surface area contributed by atoms with Crippen LogP contribution in [0.2, 0.25) is 0 Å². The van der Waals surface area contributed by atoms with E-state index in [1.807, 2.05) is 7.05 Å². The number of hydrogen-bond donors (Lipinski definition) is 5. The molecule has 2 aromatic heterocycles. The Hall–Kier alpha value is -4.16.